The lowest BCUT2D eigenvalue weighted by atomic mass is 9.96. The Balaban J connectivity index is 1.96. The van der Waals surface area contributed by atoms with Crippen molar-refractivity contribution in [1.29, 1.82) is 0 Å². The Morgan fingerprint density at radius 1 is 1.35 bits per heavy atom. The van der Waals surface area contributed by atoms with E-state index >= 15 is 0 Å². The molecule has 0 saturated heterocycles. The molecule has 1 N–H and O–H groups in total. The standard InChI is InChI=1S/C14H16N2O/c1-9-15-12-7-6-11(8-13(12)16-9)14(17)10-4-2-3-5-10/h6-8,10H,2-5H2,1H3,(H,15,16). The Morgan fingerprint density at radius 2 is 2.12 bits per heavy atom. The number of imidazole rings is 1. The lowest BCUT2D eigenvalue weighted by Gasteiger charge is -2.07. The normalized spacial score (nSPS) is 16.8. The first-order valence-electron chi connectivity index (χ1n) is 6.24. The summed E-state index contributed by atoms with van der Waals surface area (Å²) in [4.78, 5) is 19.8. The van der Waals surface area contributed by atoms with E-state index < -0.39 is 0 Å². The van der Waals surface area contributed by atoms with Gasteiger partial charge in [-0.25, -0.2) is 4.98 Å². The summed E-state index contributed by atoms with van der Waals surface area (Å²) in [7, 11) is 0. The molecule has 1 aromatic heterocycles. The first-order valence-corrected chi connectivity index (χ1v) is 6.24. The summed E-state index contributed by atoms with van der Waals surface area (Å²) in [5.41, 5.74) is 2.73. The quantitative estimate of drug-likeness (QED) is 0.802. The summed E-state index contributed by atoms with van der Waals surface area (Å²) in [6.07, 6.45) is 4.50. The van der Waals surface area contributed by atoms with Crippen LogP contribution in [0.2, 0.25) is 0 Å². The van der Waals surface area contributed by atoms with Crippen molar-refractivity contribution in [3.63, 3.8) is 0 Å². The number of carbonyl (C=O) groups excluding carboxylic acids is 1. The van der Waals surface area contributed by atoms with Gasteiger partial charge in [-0.3, -0.25) is 4.79 Å². The van der Waals surface area contributed by atoms with Crippen molar-refractivity contribution in [3.8, 4) is 0 Å². The topological polar surface area (TPSA) is 45.8 Å². The second-order valence-corrected chi connectivity index (χ2v) is 4.90. The highest BCUT2D eigenvalue weighted by atomic mass is 16.1. The highest BCUT2D eigenvalue weighted by molar-refractivity contribution is 6.00. The largest absolute Gasteiger partial charge is 0.342 e. The maximum absolute atomic E-state index is 12.3. The highest BCUT2D eigenvalue weighted by Gasteiger charge is 2.23. The van der Waals surface area contributed by atoms with Gasteiger partial charge in [-0.1, -0.05) is 12.8 Å². The molecule has 3 nitrogen and oxygen atoms in total. The van der Waals surface area contributed by atoms with Crippen LogP contribution in [0.15, 0.2) is 18.2 Å². The number of aromatic nitrogens is 2. The molecule has 1 heterocycles. The Morgan fingerprint density at radius 3 is 2.88 bits per heavy atom. The molecule has 2 aromatic rings. The number of rotatable bonds is 2. The third-order valence-corrected chi connectivity index (χ3v) is 3.61. The number of aryl methyl sites for hydroxylation is 1. The van der Waals surface area contributed by atoms with Crippen molar-refractivity contribution in [2.24, 2.45) is 5.92 Å². The molecule has 1 fully saturated rings. The van der Waals surface area contributed by atoms with E-state index in [0.717, 1.165) is 35.3 Å². The van der Waals surface area contributed by atoms with Gasteiger partial charge >= 0.3 is 0 Å². The zero-order valence-corrected chi connectivity index (χ0v) is 9.99. The molecule has 0 aliphatic heterocycles. The number of nitrogens with one attached hydrogen (secondary N) is 1. The van der Waals surface area contributed by atoms with Gasteiger partial charge in [0.05, 0.1) is 11.0 Å². The molecule has 1 saturated carbocycles. The average Bonchev–Trinajstić information content (AvgIpc) is 2.94. The minimum Gasteiger partial charge on any atom is -0.342 e. The van der Waals surface area contributed by atoms with Gasteiger partial charge in [0.2, 0.25) is 0 Å². The van der Waals surface area contributed by atoms with E-state index in [1.54, 1.807) is 0 Å². The summed E-state index contributed by atoms with van der Waals surface area (Å²) >= 11 is 0. The van der Waals surface area contributed by atoms with Crippen LogP contribution in [0.5, 0.6) is 0 Å². The lowest BCUT2D eigenvalue weighted by molar-refractivity contribution is 0.0923. The maximum atomic E-state index is 12.3. The number of H-pyrrole nitrogens is 1. The van der Waals surface area contributed by atoms with Crippen LogP contribution in [0.3, 0.4) is 0 Å². The predicted molar refractivity (Wildman–Crippen MR) is 67.1 cm³/mol. The van der Waals surface area contributed by atoms with Gasteiger partial charge in [0.1, 0.15) is 5.82 Å². The third-order valence-electron chi connectivity index (χ3n) is 3.61. The summed E-state index contributed by atoms with van der Waals surface area (Å²) in [6.45, 7) is 1.93. The van der Waals surface area contributed by atoms with Crippen LogP contribution in [0.25, 0.3) is 11.0 Å². The predicted octanol–water partition coefficient (Wildman–Crippen LogP) is 3.24. The molecule has 1 aliphatic carbocycles. The number of carbonyl (C=O) groups is 1. The minimum absolute atomic E-state index is 0.247. The van der Waals surface area contributed by atoms with Gasteiger partial charge in [-0.15, -0.1) is 0 Å². The number of hydrogen-bond acceptors (Lipinski definition) is 2. The molecule has 3 rings (SSSR count). The van der Waals surface area contributed by atoms with E-state index in [1.807, 2.05) is 25.1 Å². The van der Waals surface area contributed by atoms with Gasteiger partial charge in [0, 0.05) is 11.5 Å². The lowest BCUT2D eigenvalue weighted by Crippen LogP contribution is -2.10. The fourth-order valence-electron chi connectivity index (χ4n) is 2.71. The van der Waals surface area contributed by atoms with E-state index in [2.05, 4.69) is 9.97 Å². The molecule has 17 heavy (non-hydrogen) atoms. The van der Waals surface area contributed by atoms with Crippen molar-refractivity contribution in [2.75, 3.05) is 0 Å². The fraction of sp³-hybridized carbons (Fsp3) is 0.429. The molecule has 0 atom stereocenters. The van der Waals surface area contributed by atoms with Gasteiger partial charge in [0.25, 0.3) is 0 Å². The maximum Gasteiger partial charge on any atom is 0.166 e. The summed E-state index contributed by atoms with van der Waals surface area (Å²) in [6, 6.07) is 5.78. The smallest absolute Gasteiger partial charge is 0.166 e. The Labute approximate surface area is 100 Å². The number of fused-ring (bicyclic) bond motifs is 1. The number of hydrogen-bond donors (Lipinski definition) is 1. The molecule has 1 aliphatic rings. The molecule has 88 valence electrons. The van der Waals surface area contributed by atoms with Crippen LogP contribution in [-0.2, 0) is 0 Å². The third kappa shape index (κ3) is 1.86. The highest BCUT2D eigenvalue weighted by Crippen LogP contribution is 2.28. The van der Waals surface area contributed by atoms with Gasteiger partial charge in [-0.2, -0.15) is 0 Å². The zero-order valence-electron chi connectivity index (χ0n) is 9.99. The number of benzene rings is 1. The zero-order chi connectivity index (χ0) is 11.8. The van der Waals surface area contributed by atoms with E-state index in [9.17, 15) is 4.79 Å². The molecule has 0 spiro atoms. The van der Waals surface area contributed by atoms with Gasteiger partial charge < -0.3 is 4.98 Å². The van der Waals surface area contributed by atoms with Crippen molar-refractivity contribution in [2.45, 2.75) is 32.6 Å². The number of nitrogens with zero attached hydrogens (tertiary/aromatic N) is 1. The van der Waals surface area contributed by atoms with Crippen LogP contribution in [-0.4, -0.2) is 15.8 Å². The van der Waals surface area contributed by atoms with E-state index in [-0.39, 0.29) is 5.92 Å². The summed E-state index contributed by atoms with van der Waals surface area (Å²) < 4.78 is 0. The second-order valence-electron chi connectivity index (χ2n) is 4.90. The number of aromatic amines is 1. The molecule has 0 unspecified atom stereocenters. The van der Waals surface area contributed by atoms with E-state index in [0.29, 0.717) is 5.78 Å². The first-order chi connectivity index (χ1) is 8.24. The molecular weight excluding hydrogens is 212 g/mol. The van der Waals surface area contributed by atoms with Crippen LogP contribution in [0.4, 0.5) is 0 Å². The second kappa shape index (κ2) is 3.99. The minimum atomic E-state index is 0.247. The van der Waals surface area contributed by atoms with Gasteiger partial charge in [0.15, 0.2) is 5.78 Å². The van der Waals surface area contributed by atoms with Crippen LogP contribution in [0, 0.1) is 12.8 Å². The van der Waals surface area contributed by atoms with Crippen LogP contribution >= 0.6 is 0 Å². The average molecular weight is 228 g/mol. The van der Waals surface area contributed by atoms with Crippen LogP contribution < -0.4 is 0 Å². The summed E-state index contributed by atoms with van der Waals surface area (Å²) in [5, 5.41) is 0. The fourth-order valence-corrected chi connectivity index (χ4v) is 2.71. The molecule has 0 radical (unpaired) electrons. The van der Waals surface area contributed by atoms with Crippen LogP contribution in [0.1, 0.15) is 41.9 Å². The summed E-state index contributed by atoms with van der Waals surface area (Å²) in [5.74, 6) is 1.44. The Bertz CT molecular complexity index is 565. The molecule has 0 amide bonds. The SMILES string of the molecule is Cc1nc2ccc(C(=O)C3CCCC3)cc2[nH]1. The van der Waals surface area contributed by atoms with Crippen molar-refractivity contribution < 1.29 is 4.79 Å². The Kier molecular flexibility index (Phi) is 2.46. The van der Waals surface area contributed by atoms with Gasteiger partial charge in [-0.05, 0) is 38.0 Å². The van der Waals surface area contributed by atoms with Crippen molar-refractivity contribution in [1.82, 2.24) is 9.97 Å². The molecular formula is C14H16N2O. The van der Waals surface area contributed by atoms with E-state index in [1.165, 1.54) is 12.8 Å². The Hall–Kier alpha value is -1.64. The monoisotopic (exact) mass is 228 g/mol. The van der Waals surface area contributed by atoms with E-state index in [4.69, 9.17) is 0 Å². The number of ketones is 1. The molecule has 0 bridgehead atoms. The number of Topliss-reactive ketones (excluding diaryl/α,β-unsaturated/α-hetero) is 1. The van der Waals surface area contributed by atoms with Crippen molar-refractivity contribution >= 4 is 16.8 Å². The van der Waals surface area contributed by atoms with Crippen molar-refractivity contribution in [3.05, 3.63) is 29.6 Å². The first kappa shape index (κ1) is 10.5. The molecule has 3 heteroatoms. The molecule has 1 aromatic carbocycles.